The number of nitriles is 1. The average molecular weight is 344 g/mol. The Morgan fingerprint density at radius 3 is 2.55 bits per heavy atom. The van der Waals surface area contributed by atoms with Crippen molar-refractivity contribution in [2.45, 2.75) is 25.3 Å². The lowest BCUT2D eigenvalue weighted by Crippen LogP contribution is -2.45. The summed E-state index contributed by atoms with van der Waals surface area (Å²) in [5, 5.41) is 22.7. The minimum Gasteiger partial charge on any atom is -0.508 e. The van der Waals surface area contributed by atoms with Crippen molar-refractivity contribution in [1.29, 1.82) is 5.26 Å². The van der Waals surface area contributed by atoms with Crippen LogP contribution in [0.15, 0.2) is 18.2 Å². The van der Waals surface area contributed by atoms with Crippen molar-refractivity contribution in [3.63, 3.8) is 0 Å². The largest absolute Gasteiger partial charge is 0.508 e. The minimum atomic E-state index is 0. The van der Waals surface area contributed by atoms with Gasteiger partial charge in [0.05, 0.1) is 11.6 Å². The van der Waals surface area contributed by atoms with Crippen molar-refractivity contribution >= 4 is 24.8 Å². The van der Waals surface area contributed by atoms with Crippen molar-refractivity contribution < 1.29 is 5.11 Å². The smallest absolute Gasteiger partial charge is 0.120 e. The van der Waals surface area contributed by atoms with Gasteiger partial charge in [-0.25, -0.2) is 0 Å². The molecule has 0 bridgehead atoms. The Balaban J connectivity index is 0.00000121. The van der Waals surface area contributed by atoms with E-state index < -0.39 is 0 Å². The molecule has 0 amide bonds. The van der Waals surface area contributed by atoms with Gasteiger partial charge in [0.1, 0.15) is 5.75 Å². The molecule has 0 spiro atoms. The molecular formula is C16H23Cl2N3O. The van der Waals surface area contributed by atoms with Gasteiger partial charge in [-0.3, -0.25) is 4.90 Å². The molecule has 2 N–H and O–H groups in total. The Morgan fingerprint density at radius 2 is 1.95 bits per heavy atom. The van der Waals surface area contributed by atoms with E-state index >= 15 is 0 Å². The summed E-state index contributed by atoms with van der Waals surface area (Å²) in [5.74, 6) is 1.12. The molecule has 0 aromatic heterocycles. The van der Waals surface area contributed by atoms with Gasteiger partial charge in [0.25, 0.3) is 0 Å². The second-order valence-corrected chi connectivity index (χ2v) is 5.87. The van der Waals surface area contributed by atoms with Gasteiger partial charge < -0.3 is 10.4 Å². The molecule has 1 saturated carbocycles. The van der Waals surface area contributed by atoms with E-state index in [0.29, 0.717) is 11.3 Å². The Hall–Kier alpha value is -0.990. The minimum absolute atomic E-state index is 0. The number of nitrogens with one attached hydrogen (secondary N) is 1. The average Bonchev–Trinajstić information content (AvgIpc) is 3.31. The van der Waals surface area contributed by atoms with Crippen LogP contribution in [0.5, 0.6) is 5.75 Å². The van der Waals surface area contributed by atoms with Crippen molar-refractivity contribution in [1.82, 2.24) is 10.2 Å². The molecular weight excluding hydrogens is 321 g/mol. The molecule has 22 heavy (non-hydrogen) atoms. The van der Waals surface area contributed by atoms with Gasteiger partial charge in [0, 0.05) is 37.8 Å². The summed E-state index contributed by atoms with van der Waals surface area (Å²) in [6.07, 6.45) is 3.71. The first kappa shape index (κ1) is 19.1. The van der Waals surface area contributed by atoms with Crippen LogP contribution in [0.25, 0.3) is 0 Å². The highest BCUT2D eigenvalue weighted by Crippen LogP contribution is 2.42. The van der Waals surface area contributed by atoms with Crippen LogP contribution in [-0.4, -0.2) is 36.2 Å². The lowest BCUT2D eigenvalue weighted by Gasteiger charge is -2.35. The first-order valence-corrected chi connectivity index (χ1v) is 7.45. The molecule has 0 unspecified atom stereocenters. The van der Waals surface area contributed by atoms with Gasteiger partial charge in [-0.1, -0.05) is 12.8 Å². The summed E-state index contributed by atoms with van der Waals surface area (Å²) >= 11 is 0. The van der Waals surface area contributed by atoms with Gasteiger partial charge in [0.2, 0.25) is 0 Å². The maximum atomic E-state index is 10.2. The Bertz CT molecular complexity index is 523. The van der Waals surface area contributed by atoms with Crippen LogP contribution in [0.2, 0.25) is 0 Å². The van der Waals surface area contributed by atoms with Crippen LogP contribution in [-0.2, 0) is 0 Å². The molecule has 122 valence electrons. The molecule has 6 heteroatoms. The number of nitrogens with zero attached hydrogens (tertiary/aromatic N) is 2. The number of hydrogen-bond donors (Lipinski definition) is 2. The molecule has 1 heterocycles. The van der Waals surface area contributed by atoms with E-state index in [2.05, 4.69) is 16.3 Å². The number of phenols is 1. The Morgan fingerprint density at radius 1 is 1.27 bits per heavy atom. The fraction of sp³-hybridized carbons (Fsp3) is 0.562. The monoisotopic (exact) mass is 343 g/mol. The van der Waals surface area contributed by atoms with Gasteiger partial charge in [0.15, 0.2) is 0 Å². The highest BCUT2D eigenvalue weighted by molar-refractivity contribution is 5.85. The Labute approximate surface area is 144 Å². The topological polar surface area (TPSA) is 59.3 Å². The summed E-state index contributed by atoms with van der Waals surface area (Å²) < 4.78 is 0. The first-order chi connectivity index (χ1) is 9.78. The van der Waals surface area contributed by atoms with E-state index in [4.69, 9.17) is 5.26 Å². The van der Waals surface area contributed by atoms with Crippen LogP contribution in [0.1, 0.15) is 36.4 Å². The van der Waals surface area contributed by atoms with E-state index in [9.17, 15) is 5.11 Å². The molecule has 1 atom stereocenters. The molecule has 2 fully saturated rings. The molecule has 2 aliphatic rings. The van der Waals surface area contributed by atoms with Crippen LogP contribution in [0.3, 0.4) is 0 Å². The molecule has 1 aromatic rings. The van der Waals surface area contributed by atoms with Gasteiger partial charge in [-0.05, 0) is 30.5 Å². The standard InChI is InChI=1S/C16H21N3O.2ClH/c17-11-13-3-4-16(20)14(9-13)15(10-12-1-2-12)19-7-5-18-6-8-19;;/h3-4,9,12,15,18,20H,1-2,5-8,10H2;2*1H/t15-;;/m1../s1. The zero-order valence-electron chi connectivity index (χ0n) is 12.5. The quantitative estimate of drug-likeness (QED) is 0.882. The van der Waals surface area contributed by atoms with Crippen molar-refractivity contribution in [2.75, 3.05) is 26.2 Å². The van der Waals surface area contributed by atoms with E-state index in [1.165, 1.54) is 12.8 Å². The van der Waals surface area contributed by atoms with Crippen molar-refractivity contribution in [2.24, 2.45) is 5.92 Å². The summed E-state index contributed by atoms with van der Waals surface area (Å²) in [6, 6.07) is 7.64. The van der Waals surface area contributed by atoms with Crippen LogP contribution in [0.4, 0.5) is 0 Å². The highest BCUT2D eigenvalue weighted by Gasteiger charge is 2.31. The van der Waals surface area contributed by atoms with Gasteiger partial charge >= 0.3 is 0 Å². The number of benzene rings is 1. The molecule has 1 saturated heterocycles. The molecule has 1 aromatic carbocycles. The Kier molecular flexibility index (Phi) is 7.44. The summed E-state index contributed by atoms with van der Waals surface area (Å²) in [7, 11) is 0. The summed E-state index contributed by atoms with van der Waals surface area (Å²) in [5.41, 5.74) is 1.56. The SMILES string of the molecule is Cl.Cl.N#Cc1ccc(O)c([C@@H](CC2CC2)N2CCNCC2)c1. The number of hydrogen-bond acceptors (Lipinski definition) is 4. The predicted octanol–water partition coefficient (Wildman–Crippen LogP) is 2.85. The molecule has 3 rings (SSSR count). The third-order valence-electron chi connectivity index (χ3n) is 4.36. The van der Waals surface area contributed by atoms with Crippen LogP contribution in [0, 0.1) is 17.2 Å². The van der Waals surface area contributed by atoms with E-state index in [1.807, 2.05) is 6.07 Å². The third kappa shape index (κ3) is 4.50. The molecule has 1 aliphatic carbocycles. The molecule has 4 nitrogen and oxygen atoms in total. The lowest BCUT2D eigenvalue weighted by molar-refractivity contribution is 0.158. The van der Waals surface area contributed by atoms with E-state index in [-0.39, 0.29) is 30.9 Å². The number of aromatic hydroxyl groups is 1. The highest BCUT2D eigenvalue weighted by atomic mass is 35.5. The van der Waals surface area contributed by atoms with Crippen LogP contribution < -0.4 is 5.32 Å². The maximum absolute atomic E-state index is 10.2. The zero-order valence-corrected chi connectivity index (χ0v) is 14.1. The van der Waals surface area contributed by atoms with Gasteiger partial charge in [-0.2, -0.15) is 5.26 Å². The first-order valence-electron chi connectivity index (χ1n) is 7.45. The number of rotatable bonds is 4. The van der Waals surface area contributed by atoms with E-state index in [0.717, 1.165) is 44.1 Å². The summed E-state index contributed by atoms with van der Waals surface area (Å²) in [4.78, 5) is 2.45. The second-order valence-electron chi connectivity index (χ2n) is 5.87. The number of piperazine rings is 1. The third-order valence-corrected chi connectivity index (χ3v) is 4.36. The zero-order chi connectivity index (χ0) is 13.9. The van der Waals surface area contributed by atoms with Crippen molar-refractivity contribution in [3.05, 3.63) is 29.3 Å². The number of phenolic OH excluding ortho intramolecular Hbond substituents is 1. The fourth-order valence-corrected chi connectivity index (χ4v) is 3.03. The molecule has 1 aliphatic heterocycles. The predicted molar refractivity (Wildman–Crippen MR) is 91.8 cm³/mol. The van der Waals surface area contributed by atoms with E-state index in [1.54, 1.807) is 12.1 Å². The fourth-order valence-electron chi connectivity index (χ4n) is 3.03. The maximum Gasteiger partial charge on any atom is 0.120 e. The lowest BCUT2D eigenvalue weighted by atomic mass is 9.96. The second kappa shape index (κ2) is 8.59. The van der Waals surface area contributed by atoms with Crippen molar-refractivity contribution in [3.8, 4) is 11.8 Å². The normalized spacial score (nSPS) is 19.4. The molecule has 0 radical (unpaired) electrons. The van der Waals surface area contributed by atoms with Gasteiger partial charge in [-0.15, -0.1) is 24.8 Å². The summed E-state index contributed by atoms with van der Waals surface area (Å²) in [6.45, 7) is 4.01. The van der Waals surface area contributed by atoms with Crippen LogP contribution >= 0.6 is 24.8 Å². The number of halogens is 2.